The minimum Gasteiger partial charge on any atom is -0.392 e. The highest BCUT2D eigenvalue weighted by Crippen LogP contribution is 2.43. The lowest BCUT2D eigenvalue weighted by Gasteiger charge is -2.43. The lowest BCUT2D eigenvalue weighted by molar-refractivity contribution is -0.0191. The largest absolute Gasteiger partial charge is 0.392 e. The SMILES string of the molecule is CC1CCCC(CN)(C(O)CC(C)c2ccccc2)C1. The highest BCUT2D eigenvalue weighted by molar-refractivity contribution is 5.19. The Morgan fingerprint density at radius 2 is 2.05 bits per heavy atom. The lowest BCUT2D eigenvalue weighted by Crippen LogP contribution is -2.45. The van der Waals surface area contributed by atoms with Crippen LogP contribution in [0.5, 0.6) is 0 Å². The Hall–Kier alpha value is -0.860. The molecular formula is C18H29NO. The van der Waals surface area contributed by atoms with E-state index in [-0.39, 0.29) is 11.5 Å². The molecule has 20 heavy (non-hydrogen) atoms. The Kier molecular flexibility index (Phi) is 5.22. The van der Waals surface area contributed by atoms with Crippen LogP contribution in [0.25, 0.3) is 0 Å². The molecule has 0 saturated heterocycles. The van der Waals surface area contributed by atoms with Crippen molar-refractivity contribution in [3.63, 3.8) is 0 Å². The molecule has 0 aliphatic heterocycles. The van der Waals surface area contributed by atoms with Crippen LogP contribution in [0.15, 0.2) is 30.3 Å². The number of nitrogens with two attached hydrogens (primary N) is 1. The van der Waals surface area contributed by atoms with Crippen LogP contribution >= 0.6 is 0 Å². The van der Waals surface area contributed by atoms with Gasteiger partial charge in [0, 0.05) is 12.0 Å². The monoisotopic (exact) mass is 275 g/mol. The highest BCUT2D eigenvalue weighted by atomic mass is 16.3. The fraction of sp³-hybridized carbons (Fsp3) is 0.667. The highest BCUT2D eigenvalue weighted by Gasteiger charge is 2.40. The Morgan fingerprint density at radius 1 is 1.35 bits per heavy atom. The quantitative estimate of drug-likeness (QED) is 0.860. The molecule has 0 bridgehead atoms. The molecule has 1 fully saturated rings. The third-order valence-corrected chi connectivity index (χ3v) is 5.19. The predicted molar refractivity (Wildman–Crippen MR) is 84.6 cm³/mol. The van der Waals surface area contributed by atoms with Gasteiger partial charge in [0.15, 0.2) is 0 Å². The molecule has 1 aliphatic carbocycles. The molecule has 1 aliphatic rings. The first-order valence-electron chi connectivity index (χ1n) is 8.00. The van der Waals surface area contributed by atoms with Crippen LogP contribution < -0.4 is 5.73 Å². The molecule has 4 unspecified atom stereocenters. The van der Waals surface area contributed by atoms with E-state index < -0.39 is 0 Å². The zero-order valence-electron chi connectivity index (χ0n) is 12.9. The molecule has 2 nitrogen and oxygen atoms in total. The maximum absolute atomic E-state index is 10.8. The Morgan fingerprint density at radius 3 is 2.65 bits per heavy atom. The van der Waals surface area contributed by atoms with E-state index in [1.54, 1.807) is 0 Å². The molecule has 0 amide bonds. The van der Waals surface area contributed by atoms with Crippen molar-refractivity contribution in [2.24, 2.45) is 17.1 Å². The number of aliphatic hydroxyl groups is 1. The summed E-state index contributed by atoms with van der Waals surface area (Å²) in [5, 5.41) is 10.8. The smallest absolute Gasteiger partial charge is 0.0614 e. The summed E-state index contributed by atoms with van der Waals surface area (Å²) in [6, 6.07) is 10.5. The number of hydrogen-bond acceptors (Lipinski definition) is 2. The summed E-state index contributed by atoms with van der Waals surface area (Å²) >= 11 is 0. The summed E-state index contributed by atoms with van der Waals surface area (Å²) < 4.78 is 0. The van der Waals surface area contributed by atoms with Crippen molar-refractivity contribution in [1.82, 2.24) is 0 Å². The van der Waals surface area contributed by atoms with Gasteiger partial charge in [-0.1, -0.05) is 57.0 Å². The van der Waals surface area contributed by atoms with Gasteiger partial charge in [-0.05, 0) is 36.7 Å². The zero-order chi connectivity index (χ0) is 14.6. The average Bonchev–Trinajstić information content (AvgIpc) is 2.47. The molecule has 0 aromatic heterocycles. The molecule has 2 rings (SSSR count). The number of benzene rings is 1. The maximum atomic E-state index is 10.8. The second-order valence-electron chi connectivity index (χ2n) is 6.83. The molecule has 1 saturated carbocycles. The third kappa shape index (κ3) is 3.42. The van der Waals surface area contributed by atoms with Gasteiger partial charge in [-0.3, -0.25) is 0 Å². The van der Waals surface area contributed by atoms with E-state index >= 15 is 0 Å². The van der Waals surface area contributed by atoms with Crippen molar-refractivity contribution >= 4 is 0 Å². The summed E-state index contributed by atoms with van der Waals surface area (Å²) in [7, 11) is 0. The van der Waals surface area contributed by atoms with E-state index in [0.29, 0.717) is 18.4 Å². The van der Waals surface area contributed by atoms with Crippen LogP contribution in [0.4, 0.5) is 0 Å². The zero-order valence-corrected chi connectivity index (χ0v) is 12.9. The van der Waals surface area contributed by atoms with Crippen LogP contribution in [0.2, 0.25) is 0 Å². The van der Waals surface area contributed by atoms with Gasteiger partial charge in [-0.25, -0.2) is 0 Å². The fourth-order valence-corrected chi connectivity index (χ4v) is 3.83. The van der Waals surface area contributed by atoms with Crippen LogP contribution in [-0.4, -0.2) is 17.8 Å². The molecule has 3 N–H and O–H groups in total. The Balaban J connectivity index is 2.04. The van der Waals surface area contributed by atoms with Crippen molar-refractivity contribution in [3.8, 4) is 0 Å². The van der Waals surface area contributed by atoms with Gasteiger partial charge in [0.25, 0.3) is 0 Å². The molecule has 0 radical (unpaired) electrons. The van der Waals surface area contributed by atoms with Gasteiger partial charge in [0.1, 0.15) is 0 Å². The van der Waals surface area contributed by atoms with Gasteiger partial charge in [-0.2, -0.15) is 0 Å². The van der Waals surface area contributed by atoms with Crippen LogP contribution in [0.1, 0.15) is 57.4 Å². The van der Waals surface area contributed by atoms with E-state index in [9.17, 15) is 5.11 Å². The number of rotatable bonds is 5. The van der Waals surface area contributed by atoms with Crippen LogP contribution in [0.3, 0.4) is 0 Å². The van der Waals surface area contributed by atoms with E-state index in [2.05, 4.69) is 38.1 Å². The van der Waals surface area contributed by atoms with E-state index in [1.165, 1.54) is 18.4 Å². The van der Waals surface area contributed by atoms with E-state index in [0.717, 1.165) is 19.3 Å². The summed E-state index contributed by atoms with van der Waals surface area (Å²) in [4.78, 5) is 0. The van der Waals surface area contributed by atoms with E-state index in [1.807, 2.05) is 6.07 Å². The lowest BCUT2D eigenvalue weighted by atomic mass is 9.65. The van der Waals surface area contributed by atoms with Crippen molar-refractivity contribution in [2.75, 3.05) is 6.54 Å². The summed E-state index contributed by atoms with van der Waals surface area (Å²) in [6.45, 7) is 5.10. The molecule has 2 heteroatoms. The molecule has 0 heterocycles. The summed E-state index contributed by atoms with van der Waals surface area (Å²) in [6.07, 6.45) is 5.17. The van der Waals surface area contributed by atoms with Gasteiger partial charge >= 0.3 is 0 Å². The molecule has 1 aromatic carbocycles. The Labute approximate surface area is 123 Å². The van der Waals surface area contributed by atoms with Crippen LogP contribution in [-0.2, 0) is 0 Å². The molecule has 1 aromatic rings. The number of hydrogen-bond donors (Lipinski definition) is 2. The molecule has 112 valence electrons. The molecule has 4 atom stereocenters. The number of aliphatic hydroxyl groups excluding tert-OH is 1. The minimum atomic E-state index is -0.287. The first kappa shape index (κ1) is 15.5. The molecular weight excluding hydrogens is 246 g/mol. The van der Waals surface area contributed by atoms with Gasteiger partial charge in [0.05, 0.1) is 6.10 Å². The van der Waals surface area contributed by atoms with Crippen molar-refractivity contribution < 1.29 is 5.11 Å². The average molecular weight is 275 g/mol. The van der Waals surface area contributed by atoms with Crippen molar-refractivity contribution in [1.29, 1.82) is 0 Å². The topological polar surface area (TPSA) is 46.2 Å². The predicted octanol–water partition coefficient (Wildman–Crippen LogP) is 3.70. The maximum Gasteiger partial charge on any atom is 0.0614 e. The van der Waals surface area contributed by atoms with Gasteiger partial charge in [0.2, 0.25) is 0 Å². The van der Waals surface area contributed by atoms with Crippen molar-refractivity contribution in [2.45, 2.75) is 58.0 Å². The second-order valence-corrected chi connectivity index (χ2v) is 6.83. The summed E-state index contributed by atoms with van der Waals surface area (Å²) in [5.74, 6) is 1.07. The van der Waals surface area contributed by atoms with E-state index in [4.69, 9.17) is 5.73 Å². The molecule has 0 spiro atoms. The normalized spacial score (nSPS) is 29.9. The van der Waals surface area contributed by atoms with Crippen LogP contribution in [0, 0.1) is 11.3 Å². The first-order valence-corrected chi connectivity index (χ1v) is 8.00. The minimum absolute atomic E-state index is 0.0549. The fourth-order valence-electron chi connectivity index (χ4n) is 3.83. The summed E-state index contributed by atoms with van der Waals surface area (Å²) in [5.41, 5.74) is 7.31. The first-order chi connectivity index (χ1) is 9.57. The van der Waals surface area contributed by atoms with Crippen molar-refractivity contribution in [3.05, 3.63) is 35.9 Å². The second kappa shape index (κ2) is 6.73. The van der Waals surface area contributed by atoms with Gasteiger partial charge in [-0.15, -0.1) is 0 Å². The van der Waals surface area contributed by atoms with Gasteiger partial charge < -0.3 is 10.8 Å². The Bertz CT molecular complexity index is 405. The standard InChI is InChI=1S/C18H29NO/c1-14-7-6-10-18(12-14,13-19)17(20)11-15(2)16-8-4-3-5-9-16/h3-5,8-9,14-15,17,20H,6-7,10-13,19H2,1-2H3. The third-order valence-electron chi connectivity index (χ3n) is 5.19.